The third-order valence-electron chi connectivity index (χ3n) is 2.92. The maximum absolute atomic E-state index is 12.0. The number of hydrogen-bond donors (Lipinski definition) is 1. The molecule has 1 N–H and O–H groups in total. The Morgan fingerprint density at radius 2 is 1.83 bits per heavy atom. The van der Waals surface area contributed by atoms with E-state index in [0.717, 1.165) is 5.56 Å². The Hall–Kier alpha value is -0.740. The van der Waals surface area contributed by atoms with Gasteiger partial charge in [0.1, 0.15) is 0 Å². The van der Waals surface area contributed by atoms with Crippen LogP contribution < -0.4 is 0 Å². The highest BCUT2D eigenvalue weighted by Gasteiger charge is 2.29. The summed E-state index contributed by atoms with van der Waals surface area (Å²) >= 11 is 5.94. The minimum Gasteiger partial charge on any atom is -0.385 e. The van der Waals surface area contributed by atoms with E-state index >= 15 is 0 Å². The number of benzene rings is 1. The molecule has 0 saturated heterocycles. The van der Waals surface area contributed by atoms with Crippen molar-refractivity contribution in [2.24, 2.45) is 0 Å². The lowest BCUT2D eigenvalue weighted by Gasteiger charge is -2.24. The van der Waals surface area contributed by atoms with Gasteiger partial charge in [-0.2, -0.15) is 13.2 Å². The van der Waals surface area contributed by atoms with E-state index in [0.29, 0.717) is 10.6 Å². The molecule has 1 nitrogen and oxygen atoms in total. The molecule has 0 aliphatic heterocycles. The first-order valence-electron chi connectivity index (χ1n) is 5.67. The van der Waals surface area contributed by atoms with Crippen LogP contribution in [0.1, 0.15) is 37.3 Å². The van der Waals surface area contributed by atoms with E-state index in [-0.39, 0.29) is 12.8 Å². The van der Waals surface area contributed by atoms with Gasteiger partial charge in [-0.3, -0.25) is 0 Å². The van der Waals surface area contributed by atoms with Crippen molar-refractivity contribution in [2.75, 3.05) is 0 Å². The Bertz CT molecular complexity index is 413. The van der Waals surface area contributed by atoms with Gasteiger partial charge in [0.25, 0.3) is 0 Å². The highest BCUT2D eigenvalue weighted by molar-refractivity contribution is 6.31. The zero-order valence-corrected chi connectivity index (χ0v) is 11.1. The standard InChI is InChI=1S/C13H16ClF3O/c1-9-4-5-10(8-11(9)14)12(2,18)6-3-7-13(15,16)17/h4-5,8,18H,3,6-7H2,1-2H3. The van der Waals surface area contributed by atoms with Crippen LogP contribution in [-0.4, -0.2) is 11.3 Å². The van der Waals surface area contributed by atoms with Gasteiger partial charge in [0.2, 0.25) is 0 Å². The van der Waals surface area contributed by atoms with Crippen LogP contribution in [0.3, 0.4) is 0 Å². The summed E-state index contributed by atoms with van der Waals surface area (Å²) in [5.41, 5.74) is 0.120. The van der Waals surface area contributed by atoms with E-state index in [1.165, 1.54) is 6.92 Å². The van der Waals surface area contributed by atoms with Gasteiger partial charge in [0.05, 0.1) is 5.60 Å². The minimum atomic E-state index is -4.18. The van der Waals surface area contributed by atoms with Gasteiger partial charge in [-0.15, -0.1) is 0 Å². The molecular weight excluding hydrogens is 265 g/mol. The number of hydrogen-bond acceptors (Lipinski definition) is 1. The second kappa shape index (κ2) is 5.49. The Labute approximate surface area is 110 Å². The second-order valence-electron chi connectivity index (χ2n) is 4.71. The summed E-state index contributed by atoms with van der Waals surface area (Å²) in [5, 5.41) is 10.7. The molecule has 102 valence electrons. The molecule has 0 aliphatic rings. The van der Waals surface area contributed by atoms with E-state index < -0.39 is 18.2 Å². The van der Waals surface area contributed by atoms with E-state index in [9.17, 15) is 18.3 Å². The van der Waals surface area contributed by atoms with Crippen molar-refractivity contribution in [3.05, 3.63) is 34.3 Å². The van der Waals surface area contributed by atoms with E-state index in [1.54, 1.807) is 18.2 Å². The Morgan fingerprint density at radius 3 is 2.33 bits per heavy atom. The summed E-state index contributed by atoms with van der Waals surface area (Å²) in [6.45, 7) is 3.33. The predicted octanol–water partition coefficient (Wildman–Crippen LogP) is 4.59. The third-order valence-corrected chi connectivity index (χ3v) is 3.32. The predicted molar refractivity (Wildman–Crippen MR) is 65.7 cm³/mol. The molecule has 0 bridgehead atoms. The molecule has 1 unspecified atom stereocenters. The molecule has 0 aromatic heterocycles. The molecule has 1 rings (SSSR count). The average Bonchev–Trinajstić information content (AvgIpc) is 2.19. The fraction of sp³-hybridized carbons (Fsp3) is 0.538. The average molecular weight is 281 g/mol. The molecule has 0 heterocycles. The number of alkyl halides is 3. The molecule has 1 atom stereocenters. The summed E-state index contributed by atoms with van der Waals surface area (Å²) in [6, 6.07) is 5.04. The fourth-order valence-corrected chi connectivity index (χ4v) is 1.89. The molecule has 0 aliphatic carbocycles. The van der Waals surface area contributed by atoms with Crippen molar-refractivity contribution < 1.29 is 18.3 Å². The topological polar surface area (TPSA) is 20.2 Å². The van der Waals surface area contributed by atoms with Crippen LogP contribution in [0.25, 0.3) is 0 Å². The monoisotopic (exact) mass is 280 g/mol. The molecular formula is C13H16ClF3O. The molecule has 0 saturated carbocycles. The highest BCUT2D eigenvalue weighted by Crippen LogP contribution is 2.32. The Balaban J connectivity index is 2.70. The number of aliphatic hydroxyl groups is 1. The smallest absolute Gasteiger partial charge is 0.385 e. The quantitative estimate of drug-likeness (QED) is 0.855. The SMILES string of the molecule is Cc1ccc(C(C)(O)CCCC(F)(F)F)cc1Cl. The summed E-state index contributed by atoms with van der Waals surface area (Å²) in [7, 11) is 0. The zero-order chi connectivity index (χ0) is 14.0. The third kappa shape index (κ3) is 4.50. The minimum absolute atomic E-state index is 0.0475. The first kappa shape index (κ1) is 15.3. The molecule has 0 amide bonds. The number of rotatable bonds is 4. The molecule has 0 fully saturated rings. The van der Waals surface area contributed by atoms with Crippen molar-refractivity contribution in [3.8, 4) is 0 Å². The van der Waals surface area contributed by atoms with Crippen LogP contribution in [0.5, 0.6) is 0 Å². The maximum atomic E-state index is 12.0. The Kier molecular flexibility index (Phi) is 4.67. The lowest BCUT2D eigenvalue weighted by Crippen LogP contribution is -2.22. The van der Waals surface area contributed by atoms with Crippen LogP contribution in [-0.2, 0) is 5.60 Å². The second-order valence-corrected chi connectivity index (χ2v) is 5.11. The maximum Gasteiger partial charge on any atom is 0.389 e. The molecule has 0 spiro atoms. The van der Waals surface area contributed by atoms with Crippen molar-refractivity contribution in [2.45, 2.75) is 44.9 Å². The van der Waals surface area contributed by atoms with Gasteiger partial charge in [-0.1, -0.05) is 23.7 Å². The van der Waals surface area contributed by atoms with Crippen LogP contribution >= 0.6 is 11.6 Å². The van der Waals surface area contributed by atoms with Crippen LogP contribution in [0.15, 0.2) is 18.2 Å². The molecule has 18 heavy (non-hydrogen) atoms. The van der Waals surface area contributed by atoms with Crippen molar-refractivity contribution in [1.82, 2.24) is 0 Å². The summed E-state index contributed by atoms with van der Waals surface area (Å²) in [6.07, 6.45) is -5.13. The van der Waals surface area contributed by atoms with Crippen molar-refractivity contribution >= 4 is 11.6 Å². The van der Waals surface area contributed by atoms with Crippen molar-refractivity contribution in [3.63, 3.8) is 0 Å². The number of aryl methyl sites for hydroxylation is 1. The molecule has 1 aromatic carbocycles. The normalized spacial score (nSPS) is 15.5. The Morgan fingerprint density at radius 1 is 1.22 bits per heavy atom. The van der Waals surface area contributed by atoms with Gasteiger partial charge < -0.3 is 5.11 Å². The van der Waals surface area contributed by atoms with Gasteiger partial charge in [0, 0.05) is 11.4 Å². The van der Waals surface area contributed by atoms with Crippen LogP contribution in [0.2, 0.25) is 5.02 Å². The molecule has 5 heteroatoms. The van der Waals surface area contributed by atoms with E-state index in [2.05, 4.69) is 0 Å². The fourth-order valence-electron chi connectivity index (χ4n) is 1.71. The largest absolute Gasteiger partial charge is 0.389 e. The highest BCUT2D eigenvalue weighted by atomic mass is 35.5. The summed E-state index contributed by atoms with van der Waals surface area (Å²) < 4.78 is 36.1. The first-order valence-corrected chi connectivity index (χ1v) is 6.05. The summed E-state index contributed by atoms with van der Waals surface area (Å²) in [5.74, 6) is 0. The van der Waals surface area contributed by atoms with E-state index in [4.69, 9.17) is 11.6 Å². The number of halogens is 4. The van der Waals surface area contributed by atoms with Gasteiger partial charge >= 0.3 is 6.18 Å². The molecule has 0 radical (unpaired) electrons. The van der Waals surface area contributed by atoms with Gasteiger partial charge in [-0.25, -0.2) is 0 Å². The lowest BCUT2D eigenvalue weighted by molar-refractivity contribution is -0.137. The lowest BCUT2D eigenvalue weighted by atomic mass is 9.90. The van der Waals surface area contributed by atoms with Gasteiger partial charge in [-0.05, 0) is 43.9 Å². The first-order chi connectivity index (χ1) is 8.12. The van der Waals surface area contributed by atoms with Gasteiger partial charge in [0.15, 0.2) is 0 Å². The summed E-state index contributed by atoms with van der Waals surface area (Å²) in [4.78, 5) is 0. The van der Waals surface area contributed by atoms with Crippen LogP contribution in [0.4, 0.5) is 13.2 Å². The van der Waals surface area contributed by atoms with Crippen LogP contribution in [0, 0.1) is 6.92 Å². The zero-order valence-electron chi connectivity index (χ0n) is 10.3. The van der Waals surface area contributed by atoms with E-state index in [1.807, 2.05) is 6.92 Å². The molecule has 1 aromatic rings. The van der Waals surface area contributed by atoms with Crippen molar-refractivity contribution in [1.29, 1.82) is 0 Å².